The molecular formula is C13H11Cl2N3O2. The van der Waals surface area contributed by atoms with Crippen LogP contribution < -0.4 is 0 Å². The molecule has 1 aromatic carbocycles. The summed E-state index contributed by atoms with van der Waals surface area (Å²) in [5.41, 5.74) is 1.26. The van der Waals surface area contributed by atoms with Crippen LogP contribution in [-0.2, 0) is 11.2 Å². The molecule has 3 rings (SSSR count). The quantitative estimate of drug-likeness (QED) is 0.821. The van der Waals surface area contributed by atoms with Crippen molar-refractivity contribution in [3.05, 3.63) is 40.7 Å². The summed E-state index contributed by atoms with van der Waals surface area (Å²) >= 11 is 11.9. The highest BCUT2D eigenvalue weighted by Gasteiger charge is 2.25. The Morgan fingerprint density at radius 2 is 2.15 bits per heavy atom. The number of aliphatic carboxylic acids is 1. The molecule has 2 heterocycles. The maximum Gasteiger partial charge on any atom is 0.352 e. The first-order valence-electron chi connectivity index (χ1n) is 5.72. The van der Waals surface area contributed by atoms with E-state index in [-0.39, 0.29) is 12.1 Å². The van der Waals surface area contributed by atoms with Crippen molar-refractivity contribution in [2.45, 2.75) is 13.3 Å². The van der Waals surface area contributed by atoms with E-state index in [1.807, 2.05) is 6.92 Å². The molecule has 0 amide bonds. The molecule has 0 spiro atoms. The van der Waals surface area contributed by atoms with Crippen LogP contribution in [0.5, 0.6) is 0 Å². The summed E-state index contributed by atoms with van der Waals surface area (Å²) in [4.78, 5) is 15.1. The van der Waals surface area contributed by atoms with Crippen molar-refractivity contribution in [2.24, 2.45) is 5.10 Å². The first-order chi connectivity index (χ1) is 9.47. The monoisotopic (exact) mass is 311 g/mol. The van der Waals surface area contributed by atoms with Crippen LogP contribution in [0.2, 0.25) is 10.0 Å². The van der Waals surface area contributed by atoms with E-state index in [2.05, 4.69) is 16.7 Å². The van der Waals surface area contributed by atoms with Crippen molar-refractivity contribution in [1.82, 2.24) is 9.66 Å². The van der Waals surface area contributed by atoms with Gasteiger partial charge in [-0.25, -0.2) is 14.5 Å². The largest absolute Gasteiger partial charge is 0.477 e. The SMILES string of the molecule is C=CC.O=C(O)C1=Nn2c(nc3cc(Cl)cc(Cl)c32)C1. The normalized spacial score (nSPS) is 12.4. The minimum Gasteiger partial charge on any atom is -0.477 e. The van der Waals surface area contributed by atoms with Crippen molar-refractivity contribution < 1.29 is 9.90 Å². The highest BCUT2D eigenvalue weighted by molar-refractivity contribution is 6.39. The molecule has 1 aliphatic heterocycles. The van der Waals surface area contributed by atoms with Crippen molar-refractivity contribution >= 4 is 45.9 Å². The van der Waals surface area contributed by atoms with Crippen LogP contribution in [0.1, 0.15) is 12.7 Å². The Morgan fingerprint density at radius 1 is 1.50 bits per heavy atom. The third-order valence-electron chi connectivity index (χ3n) is 2.51. The number of fused-ring (bicyclic) bond motifs is 3. The van der Waals surface area contributed by atoms with Gasteiger partial charge in [-0.15, -0.1) is 6.58 Å². The fourth-order valence-corrected chi connectivity index (χ4v) is 2.37. The molecular weight excluding hydrogens is 301 g/mol. The highest BCUT2D eigenvalue weighted by atomic mass is 35.5. The molecule has 0 unspecified atom stereocenters. The molecule has 0 radical (unpaired) electrons. The lowest BCUT2D eigenvalue weighted by atomic mass is 10.3. The molecule has 20 heavy (non-hydrogen) atoms. The van der Waals surface area contributed by atoms with E-state index in [1.165, 1.54) is 4.68 Å². The van der Waals surface area contributed by atoms with Gasteiger partial charge in [-0.3, -0.25) is 0 Å². The standard InChI is InChI=1S/C10H5Cl2N3O2.C3H6/c11-4-1-5(12)9-6(2-4)13-8-3-7(10(16)17)14-15(8)9;1-3-2/h1-2H,3H2,(H,16,17);3H,1H2,2H3. The number of rotatable bonds is 1. The van der Waals surface area contributed by atoms with Crippen LogP contribution in [0.3, 0.4) is 0 Å². The van der Waals surface area contributed by atoms with Gasteiger partial charge in [-0.1, -0.05) is 29.3 Å². The molecule has 1 aliphatic rings. The molecule has 104 valence electrons. The maximum atomic E-state index is 10.8. The number of halogens is 2. The summed E-state index contributed by atoms with van der Waals surface area (Å²) < 4.78 is 1.46. The first kappa shape index (κ1) is 14.6. The molecule has 0 saturated heterocycles. The summed E-state index contributed by atoms with van der Waals surface area (Å²) in [6.45, 7) is 5.25. The summed E-state index contributed by atoms with van der Waals surface area (Å²) in [6.07, 6.45) is 1.94. The van der Waals surface area contributed by atoms with Gasteiger partial charge in [0, 0.05) is 5.02 Å². The second-order valence-corrected chi connectivity index (χ2v) is 4.88. The van der Waals surface area contributed by atoms with Crippen LogP contribution in [0, 0.1) is 0 Å². The zero-order valence-electron chi connectivity index (χ0n) is 10.6. The predicted molar refractivity (Wildman–Crippen MR) is 79.8 cm³/mol. The van der Waals surface area contributed by atoms with E-state index < -0.39 is 5.97 Å². The van der Waals surface area contributed by atoms with Crippen molar-refractivity contribution in [2.75, 3.05) is 0 Å². The smallest absolute Gasteiger partial charge is 0.352 e. The molecule has 1 N–H and O–H groups in total. The lowest BCUT2D eigenvalue weighted by Crippen LogP contribution is -2.12. The Hall–Kier alpha value is -1.85. The number of allylic oxidation sites excluding steroid dienone is 1. The first-order valence-corrected chi connectivity index (χ1v) is 6.48. The van der Waals surface area contributed by atoms with E-state index in [0.29, 0.717) is 26.9 Å². The second-order valence-electron chi connectivity index (χ2n) is 4.03. The minimum absolute atomic E-state index is 0.0559. The number of nitrogens with zero attached hydrogens (tertiary/aromatic N) is 3. The summed E-state index contributed by atoms with van der Waals surface area (Å²) in [5, 5.41) is 13.7. The molecule has 0 aliphatic carbocycles. The van der Waals surface area contributed by atoms with E-state index in [1.54, 1.807) is 18.2 Å². The number of aromatic nitrogens is 2. The van der Waals surface area contributed by atoms with Gasteiger partial charge in [-0.05, 0) is 19.1 Å². The van der Waals surface area contributed by atoms with Gasteiger partial charge in [0.15, 0.2) is 5.71 Å². The Labute approximate surface area is 125 Å². The van der Waals surface area contributed by atoms with Crippen LogP contribution in [0.4, 0.5) is 0 Å². The highest BCUT2D eigenvalue weighted by Crippen LogP contribution is 2.30. The summed E-state index contributed by atoms with van der Waals surface area (Å²) in [7, 11) is 0. The van der Waals surface area contributed by atoms with E-state index in [9.17, 15) is 4.79 Å². The second kappa shape index (κ2) is 5.64. The van der Waals surface area contributed by atoms with Gasteiger partial charge >= 0.3 is 5.97 Å². The lowest BCUT2D eigenvalue weighted by Gasteiger charge is -1.98. The van der Waals surface area contributed by atoms with Gasteiger partial charge in [0.05, 0.1) is 17.0 Å². The van der Waals surface area contributed by atoms with E-state index in [4.69, 9.17) is 28.3 Å². The predicted octanol–water partition coefficient (Wildman–Crippen LogP) is 3.38. The van der Waals surface area contributed by atoms with Crippen LogP contribution in [-0.4, -0.2) is 26.4 Å². The third kappa shape index (κ3) is 2.55. The Kier molecular flexibility index (Phi) is 4.11. The van der Waals surface area contributed by atoms with Gasteiger partial charge in [0.2, 0.25) is 0 Å². The van der Waals surface area contributed by atoms with Gasteiger partial charge in [-0.2, -0.15) is 5.10 Å². The zero-order valence-corrected chi connectivity index (χ0v) is 12.1. The molecule has 7 heteroatoms. The molecule has 5 nitrogen and oxygen atoms in total. The molecule has 0 atom stereocenters. The Bertz CT molecular complexity index is 735. The maximum absolute atomic E-state index is 10.8. The number of benzene rings is 1. The topological polar surface area (TPSA) is 67.5 Å². The number of imidazole rings is 1. The van der Waals surface area contributed by atoms with Gasteiger partial charge in [0.1, 0.15) is 11.3 Å². The number of hydrogen-bond acceptors (Lipinski definition) is 3. The third-order valence-corrected chi connectivity index (χ3v) is 3.01. The molecule has 0 bridgehead atoms. The average Bonchev–Trinajstić information content (AvgIpc) is 2.85. The number of carbonyl (C=O) groups is 1. The van der Waals surface area contributed by atoms with E-state index >= 15 is 0 Å². The fraction of sp³-hybridized carbons (Fsp3) is 0.154. The summed E-state index contributed by atoms with van der Waals surface area (Å²) in [6, 6.07) is 3.25. The minimum atomic E-state index is -1.05. The lowest BCUT2D eigenvalue weighted by molar-refractivity contribution is -0.129. The fourth-order valence-electron chi connectivity index (χ4n) is 1.81. The number of carboxylic acids is 1. The molecule has 0 fully saturated rings. The Morgan fingerprint density at radius 3 is 2.75 bits per heavy atom. The zero-order chi connectivity index (χ0) is 14.9. The van der Waals surface area contributed by atoms with Crippen molar-refractivity contribution in [3.63, 3.8) is 0 Å². The molecule has 2 aromatic rings. The molecule has 0 saturated carbocycles. The van der Waals surface area contributed by atoms with Gasteiger partial charge < -0.3 is 5.11 Å². The van der Waals surface area contributed by atoms with Crippen molar-refractivity contribution in [1.29, 1.82) is 0 Å². The number of hydrogen-bond donors (Lipinski definition) is 1. The van der Waals surface area contributed by atoms with Crippen LogP contribution in [0.25, 0.3) is 11.0 Å². The Balaban J connectivity index is 0.000000452. The summed E-state index contributed by atoms with van der Waals surface area (Å²) in [5.74, 6) is -0.490. The molecule has 1 aromatic heterocycles. The number of carboxylic acid groups (broad SMARTS) is 1. The average molecular weight is 312 g/mol. The van der Waals surface area contributed by atoms with Crippen LogP contribution >= 0.6 is 23.2 Å². The van der Waals surface area contributed by atoms with E-state index in [0.717, 1.165) is 0 Å². The van der Waals surface area contributed by atoms with Gasteiger partial charge in [0.25, 0.3) is 0 Å². The van der Waals surface area contributed by atoms with Crippen molar-refractivity contribution in [3.8, 4) is 0 Å². The van der Waals surface area contributed by atoms with Crippen LogP contribution in [0.15, 0.2) is 29.9 Å².